The summed E-state index contributed by atoms with van der Waals surface area (Å²) in [5.74, 6) is -1.05. The van der Waals surface area contributed by atoms with Crippen molar-refractivity contribution in [3.63, 3.8) is 0 Å². The van der Waals surface area contributed by atoms with E-state index in [9.17, 15) is 18.0 Å². The minimum Gasteiger partial charge on any atom is -0.467 e. The molecule has 26 heavy (non-hydrogen) atoms. The zero-order valence-corrected chi connectivity index (χ0v) is 16.8. The Morgan fingerprint density at radius 1 is 1.12 bits per heavy atom. The number of hydrogen-bond acceptors (Lipinski definition) is 5. The van der Waals surface area contributed by atoms with Gasteiger partial charge in [-0.3, -0.25) is 4.79 Å². The van der Waals surface area contributed by atoms with Crippen LogP contribution >= 0.6 is 0 Å². The molecule has 0 saturated carbocycles. The van der Waals surface area contributed by atoms with Crippen LogP contribution in [0.4, 0.5) is 0 Å². The van der Waals surface area contributed by atoms with Crippen molar-refractivity contribution in [2.45, 2.75) is 45.1 Å². The lowest BCUT2D eigenvalue weighted by molar-refractivity contribution is -0.144. The molecule has 7 nitrogen and oxygen atoms in total. The van der Waals surface area contributed by atoms with E-state index in [0.29, 0.717) is 19.5 Å². The molecule has 1 N–H and O–H groups in total. The molecule has 0 spiro atoms. The monoisotopic (exact) mass is 384 g/mol. The normalized spacial score (nSPS) is 13.9. The van der Waals surface area contributed by atoms with Gasteiger partial charge in [0.2, 0.25) is 10.0 Å². The highest BCUT2D eigenvalue weighted by Gasteiger charge is 2.27. The van der Waals surface area contributed by atoms with E-state index in [1.807, 2.05) is 13.8 Å². The molecule has 0 aliphatic heterocycles. The van der Waals surface area contributed by atoms with Gasteiger partial charge in [-0.1, -0.05) is 34.1 Å². The van der Waals surface area contributed by atoms with E-state index >= 15 is 0 Å². The van der Waals surface area contributed by atoms with Crippen molar-refractivity contribution < 1.29 is 22.7 Å². The first kappa shape index (κ1) is 22.1. The number of esters is 1. The highest BCUT2D eigenvalue weighted by atomic mass is 32.2. The lowest BCUT2D eigenvalue weighted by Gasteiger charge is -2.22. The first-order valence-corrected chi connectivity index (χ1v) is 10.2. The van der Waals surface area contributed by atoms with E-state index in [1.165, 1.54) is 35.7 Å². The number of nitrogens with one attached hydrogen (secondary N) is 1. The van der Waals surface area contributed by atoms with Crippen LogP contribution in [-0.2, 0) is 19.6 Å². The van der Waals surface area contributed by atoms with Crippen molar-refractivity contribution in [3.05, 3.63) is 29.8 Å². The molecular weight excluding hydrogens is 356 g/mol. The third-order valence-corrected chi connectivity index (χ3v) is 6.48. The van der Waals surface area contributed by atoms with Crippen molar-refractivity contribution in [2.75, 3.05) is 20.2 Å². The first-order valence-electron chi connectivity index (χ1n) is 8.71. The zero-order valence-electron chi connectivity index (χ0n) is 16.0. The Bertz CT molecular complexity index is 712. The summed E-state index contributed by atoms with van der Waals surface area (Å²) in [5, 5.41) is 2.66. The van der Waals surface area contributed by atoms with Crippen LogP contribution in [0.2, 0.25) is 0 Å². The average Bonchev–Trinajstić information content (AvgIpc) is 2.65. The number of rotatable bonds is 9. The van der Waals surface area contributed by atoms with Crippen LogP contribution in [0.15, 0.2) is 29.2 Å². The molecule has 0 heterocycles. The highest BCUT2D eigenvalue weighted by molar-refractivity contribution is 7.89. The molecule has 8 heteroatoms. The van der Waals surface area contributed by atoms with Gasteiger partial charge in [-0.05, 0) is 30.2 Å². The Hall–Kier alpha value is -1.93. The van der Waals surface area contributed by atoms with Gasteiger partial charge in [0.25, 0.3) is 5.91 Å². The van der Waals surface area contributed by atoms with Crippen LogP contribution in [0.25, 0.3) is 0 Å². The number of carbonyl (C=O) groups excluding carboxylic acids is 2. The molecule has 0 aliphatic carbocycles. The summed E-state index contributed by atoms with van der Waals surface area (Å²) < 4.78 is 31.0. The van der Waals surface area contributed by atoms with Crippen molar-refractivity contribution in [2.24, 2.45) is 5.92 Å². The second-order valence-electron chi connectivity index (χ2n) is 5.97. The van der Waals surface area contributed by atoms with Crippen LogP contribution < -0.4 is 5.32 Å². The Morgan fingerprint density at radius 3 is 2.08 bits per heavy atom. The molecule has 146 valence electrons. The Morgan fingerprint density at radius 2 is 1.65 bits per heavy atom. The topological polar surface area (TPSA) is 92.8 Å². The lowest BCUT2D eigenvalue weighted by atomic mass is 9.99. The van der Waals surface area contributed by atoms with E-state index in [0.717, 1.165) is 0 Å². The average molecular weight is 384 g/mol. The van der Waals surface area contributed by atoms with Gasteiger partial charge in [-0.25, -0.2) is 13.2 Å². The summed E-state index contributed by atoms with van der Waals surface area (Å²) in [6.07, 6.45) is 0.696. The Kier molecular flexibility index (Phi) is 8.23. The summed E-state index contributed by atoms with van der Waals surface area (Å²) in [4.78, 5) is 24.4. The quantitative estimate of drug-likeness (QED) is 0.658. The molecule has 0 fully saturated rings. The summed E-state index contributed by atoms with van der Waals surface area (Å²) in [6, 6.07) is 4.93. The van der Waals surface area contributed by atoms with Gasteiger partial charge in [0.15, 0.2) is 0 Å². The maximum Gasteiger partial charge on any atom is 0.328 e. The van der Waals surface area contributed by atoms with Crippen molar-refractivity contribution >= 4 is 21.9 Å². The van der Waals surface area contributed by atoms with E-state index < -0.39 is 27.9 Å². The van der Waals surface area contributed by atoms with Crippen molar-refractivity contribution in [1.82, 2.24) is 9.62 Å². The van der Waals surface area contributed by atoms with Gasteiger partial charge in [-0.2, -0.15) is 4.31 Å². The van der Waals surface area contributed by atoms with E-state index in [2.05, 4.69) is 5.32 Å². The number of ether oxygens (including phenoxy) is 1. The summed E-state index contributed by atoms with van der Waals surface area (Å²) >= 11 is 0. The summed E-state index contributed by atoms with van der Waals surface area (Å²) in [7, 11) is -2.30. The molecule has 0 aromatic heterocycles. The van der Waals surface area contributed by atoms with Crippen LogP contribution in [0.5, 0.6) is 0 Å². The molecule has 1 aromatic carbocycles. The van der Waals surface area contributed by atoms with Crippen LogP contribution in [0.1, 0.15) is 44.5 Å². The van der Waals surface area contributed by atoms with Crippen molar-refractivity contribution in [3.8, 4) is 0 Å². The first-order chi connectivity index (χ1) is 12.2. The number of nitrogens with zero attached hydrogens (tertiary/aromatic N) is 1. The molecule has 1 amide bonds. The fourth-order valence-electron chi connectivity index (χ4n) is 2.51. The molecule has 1 aromatic rings. The molecule has 0 unspecified atom stereocenters. The minimum absolute atomic E-state index is 0.0892. The van der Waals surface area contributed by atoms with E-state index in [1.54, 1.807) is 13.8 Å². The number of carbonyl (C=O) groups is 2. The van der Waals surface area contributed by atoms with Gasteiger partial charge < -0.3 is 10.1 Å². The summed E-state index contributed by atoms with van der Waals surface area (Å²) in [5.41, 5.74) is 0.278. The second kappa shape index (κ2) is 9.68. The molecule has 0 saturated heterocycles. The molecule has 1 rings (SSSR count). The minimum atomic E-state index is -3.57. The Balaban J connectivity index is 3.00. The molecule has 0 radical (unpaired) electrons. The fourth-order valence-corrected chi connectivity index (χ4v) is 3.97. The second-order valence-corrected chi connectivity index (χ2v) is 7.91. The van der Waals surface area contributed by atoms with Gasteiger partial charge in [0.05, 0.1) is 12.0 Å². The number of benzene rings is 1. The predicted molar refractivity (Wildman–Crippen MR) is 99.3 cm³/mol. The standard InChI is InChI=1S/C18H28N2O5S/c1-6-13(4)16(18(22)25-5)19-17(21)14-9-11-15(12-10-14)26(23,24)20(7-2)8-3/h9-13,16H,6-8H2,1-5H3,(H,19,21)/t13-,16+/m0/s1. The van der Waals surface area contributed by atoms with Gasteiger partial charge in [-0.15, -0.1) is 0 Å². The molecule has 0 bridgehead atoms. The molecule has 2 atom stereocenters. The zero-order chi connectivity index (χ0) is 19.9. The van der Waals surface area contributed by atoms with E-state index in [-0.39, 0.29) is 16.4 Å². The van der Waals surface area contributed by atoms with Crippen LogP contribution in [0.3, 0.4) is 0 Å². The number of amides is 1. The van der Waals surface area contributed by atoms with Gasteiger partial charge >= 0.3 is 5.97 Å². The third-order valence-electron chi connectivity index (χ3n) is 4.41. The maximum absolute atomic E-state index is 12.5. The Labute approximate surface area is 155 Å². The predicted octanol–water partition coefficient (Wildman–Crippen LogP) is 2.03. The molecular formula is C18H28N2O5S. The SMILES string of the molecule is CC[C@H](C)[C@@H](NC(=O)c1ccc(S(=O)(=O)N(CC)CC)cc1)C(=O)OC. The third kappa shape index (κ3) is 5.04. The van der Waals surface area contributed by atoms with E-state index in [4.69, 9.17) is 4.74 Å². The smallest absolute Gasteiger partial charge is 0.328 e. The van der Waals surface area contributed by atoms with Crippen LogP contribution in [0, 0.1) is 5.92 Å². The van der Waals surface area contributed by atoms with Crippen LogP contribution in [-0.4, -0.2) is 50.8 Å². The number of sulfonamides is 1. The molecule has 0 aliphatic rings. The van der Waals surface area contributed by atoms with Gasteiger partial charge in [0, 0.05) is 18.7 Å². The largest absolute Gasteiger partial charge is 0.467 e. The fraction of sp³-hybridized carbons (Fsp3) is 0.556. The lowest BCUT2D eigenvalue weighted by Crippen LogP contribution is -2.45. The number of hydrogen-bond donors (Lipinski definition) is 1. The maximum atomic E-state index is 12.5. The highest BCUT2D eigenvalue weighted by Crippen LogP contribution is 2.17. The van der Waals surface area contributed by atoms with Crippen molar-refractivity contribution in [1.29, 1.82) is 0 Å². The van der Waals surface area contributed by atoms with Gasteiger partial charge in [0.1, 0.15) is 6.04 Å². The summed E-state index contributed by atoms with van der Waals surface area (Å²) in [6.45, 7) is 8.05. The number of methoxy groups -OCH3 is 1.